The molecule has 2 aromatic carbocycles. The Balaban J connectivity index is 0.000000201. The van der Waals surface area contributed by atoms with Gasteiger partial charge in [-0.2, -0.15) is 0 Å². The lowest BCUT2D eigenvalue weighted by molar-refractivity contribution is -0.185. The van der Waals surface area contributed by atoms with Crippen molar-refractivity contribution in [3.63, 3.8) is 0 Å². The van der Waals surface area contributed by atoms with Crippen molar-refractivity contribution in [3.8, 4) is 11.5 Å². The number of carbonyl (C=O) groups is 4. The van der Waals surface area contributed by atoms with Gasteiger partial charge < -0.3 is 20.3 Å². The molecule has 238 valence electrons. The smallest absolute Gasteiger partial charge is 0.347 e. The van der Waals surface area contributed by atoms with Crippen LogP contribution in [0.1, 0.15) is 83.5 Å². The maximum Gasteiger partial charge on any atom is 0.347 e. The molecule has 2 aromatic rings. The molecule has 0 heterocycles. The third kappa shape index (κ3) is 5.60. The molecule has 0 radical (unpaired) electrons. The molecule has 6 rings (SSSR count). The lowest BCUT2D eigenvalue weighted by atomic mass is 9.47. The van der Waals surface area contributed by atoms with E-state index in [-0.39, 0.29) is 39.7 Å². The summed E-state index contributed by atoms with van der Waals surface area (Å²) in [6, 6.07) is 12.9. The van der Waals surface area contributed by atoms with Crippen molar-refractivity contribution in [3.05, 3.63) is 77.4 Å². The number of carbonyl (C=O) groups excluding carboxylic acids is 4. The maximum atomic E-state index is 12.8. The van der Waals surface area contributed by atoms with Crippen LogP contribution in [-0.2, 0) is 19.1 Å². The highest BCUT2D eigenvalue weighted by Gasteiger charge is 2.67. The molecule has 4 aliphatic carbocycles. The van der Waals surface area contributed by atoms with Crippen LogP contribution < -0.4 is 10.5 Å². The first-order valence-corrected chi connectivity index (χ1v) is 15.7. The van der Waals surface area contributed by atoms with E-state index >= 15 is 0 Å². The molecule has 0 aliphatic heterocycles. The van der Waals surface area contributed by atoms with Crippen LogP contribution in [0.3, 0.4) is 0 Å². The fourth-order valence-corrected chi connectivity index (χ4v) is 8.85. The average molecular weight is 614 g/mol. The normalized spacial score (nSPS) is 31.5. The molecule has 3 N–H and O–H groups in total. The number of phenolic OH excluding ortho intramolecular Hbond substituents is 1. The van der Waals surface area contributed by atoms with Crippen molar-refractivity contribution in [1.29, 1.82) is 0 Å². The second-order valence-corrected chi connectivity index (χ2v) is 13.5. The Morgan fingerprint density at radius 1 is 0.956 bits per heavy atom. The van der Waals surface area contributed by atoms with Gasteiger partial charge in [0.25, 0.3) is 0 Å². The number of rotatable bonds is 4. The van der Waals surface area contributed by atoms with Gasteiger partial charge in [0.05, 0.1) is 0 Å². The van der Waals surface area contributed by atoms with Crippen LogP contribution in [0, 0.1) is 28.6 Å². The summed E-state index contributed by atoms with van der Waals surface area (Å²) in [5, 5.41) is 9.56. The Morgan fingerprint density at radius 3 is 2.29 bits per heavy atom. The fourth-order valence-electron chi connectivity index (χ4n) is 8.85. The molecule has 8 heteroatoms. The Labute approximate surface area is 264 Å². The summed E-state index contributed by atoms with van der Waals surface area (Å²) >= 11 is 0. The van der Waals surface area contributed by atoms with E-state index in [0.29, 0.717) is 42.0 Å². The predicted molar refractivity (Wildman–Crippen MR) is 170 cm³/mol. The van der Waals surface area contributed by atoms with Gasteiger partial charge in [-0.05, 0) is 105 Å². The number of benzene rings is 2. The third-order valence-electron chi connectivity index (χ3n) is 11.0. The molecule has 45 heavy (non-hydrogen) atoms. The zero-order chi connectivity index (χ0) is 32.7. The molecule has 0 bridgehead atoms. The highest BCUT2D eigenvalue weighted by molar-refractivity contribution is 5.94. The van der Waals surface area contributed by atoms with Gasteiger partial charge in [0.2, 0.25) is 0 Å². The van der Waals surface area contributed by atoms with Gasteiger partial charge in [0.15, 0.2) is 17.2 Å². The number of anilines is 1. The van der Waals surface area contributed by atoms with Crippen LogP contribution in [0.15, 0.2) is 71.8 Å². The van der Waals surface area contributed by atoms with Gasteiger partial charge in [-0.1, -0.05) is 43.7 Å². The van der Waals surface area contributed by atoms with Crippen molar-refractivity contribution in [2.75, 3.05) is 5.73 Å². The van der Waals surface area contributed by atoms with E-state index in [1.807, 2.05) is 12.1 Å². The van der Waals surface area contributed by atoms with E-state index in [2.05, 4.69) is 26.8 Å². The van der Waals surface area contributed by atoms with Gasteiger partial charge in [-0.25, -0.2) is 4.79 Å². The maximum absolute atomic E-state index is 12.8. The van der Waals surface area contributed by atoms with E-state index in [1.165, 1.54) is 36.3 Å². The molecule has 0 spiro atoms. The summed E-state index contributed by atoms with van der Waals surface area (Å²) in [6.07, 6.45) is 9.20. The number of esters is 2. The summed E-state index contributed by atoms with van der Waals surface area (Å²) in [6.45, 7) is 9.63. The number of Topliss-reactive ketones (excluding diaryl/α,β-unsaturated/α-hetero) is 1. The molecule has 0 amide bonds. The minimum Gasteiger partial charge on any atom is -0.507 e. The van der Waals surface area contributed by atoms with Gasteiger partial charge in [0.1, 0.15) is 17.1 Å². The first-order chi connectivity index (χ1) is 21.2. The van der Waals surface area contributed by atoms with Crippen LogP contribution in [-0.4, -0.2) is 34.2 Å². The average Bonchev–Trinajstić information content (AvgIpc) is 3.27. The summed E-state index contributed by atoms with van der Waals surface area (Å²) in [4.78, 5) is 48.5. The zero-order valence-electron chi connectivity index (χ0n) is 26.7. The van der Waals surface area contributed by atoms with Gasteiger partial charge in [0, 0.05) is 30.5 Å². The fraction of sp³-hybridized carbons (Fsp3) is 0.459. The first-order valence-electron chi connectivity index (χ1n) is 15.7. The highest BCUT2D eigenvalue weighted by atomic mass is 16.6. The van der Waals surface area contributed by atoms with Crippen LogP contribution in [0.25, 0.3) is 0 Å². The summed E-state index contributed by atoms with van der Waals surface area (Å²) < 4.78 is 10.9. The molecule has 2 fully saturated rings. The van der Waals surface area contributed by atoms with Crippen molar-refractivity contribution in [1.82, 2.24) is 0 Å². The number of nitrogen functional groups attached to an aromatic ring is 1. The third-order valence-corrected chi connectivity index (χ3v) is 11.0. The minimum atomic E-state index is -0.990. The van der Waals surface area contributed by atoms with Crippen LogP contribution in [0.5, 0.6) is 11.5 Å². The molecule has 6 atom stereocenters. The molecular weight excluding hydrogens is 570 g/mol. The lowest BCUT2D eigenvalue weighted by Gasteiger charge is -2.58. The number of ketones is 2. The molecule has 2 saturated carbocycles. The van der Waals surface area contributed by atoms with E-state index < -0.39 is 11.6 Å². The second kappa shape index (κ2) is 12.0. The first kappa shape index (κ1) is 32.2. The molecule has 4 aliphatic rings. The minimum absolute atomic E-state index is 0.0160. The topological polar surface area (TPSA) is 133 Å². The number of hydrogen-bond acceptors (Lipinski definition) is 8. The molecular formula is C37H43NO7. The Hall–Kier alpha value is -4.20. The zero-order valence-corrected chi connectivity index (χ0v) is 26.7. The highest BCUT2D eigenvalue weighted by Crippen LogP contribution is 2.67. The second-order valence-electron chi connectivity index (χ2n) is 13.5. The van der Waals surface area contributed by atoms with Crippen molar-refractivity contribution < 1.29 is 33.8 Å². The number of aromatic hydroxyl groups is 1. The predicted octanol–water partition coefficient (Wildman–Crippen LogP) is 6.77. The molecule has 6 unspecified atom stereocenters. The molecule has 8 nitrogen and oxygen atoms in total. The van der Waals surface area contributed by atoms with E-state index in [1.54, 1.807) is 31.2 Å². The monoisotopic (exact) mass is 613 g/mol. The van der Waals surface area contributed by atoms with Crippen molar-refractivity contribution in [2.45, 2.75) is 78.7 Å². The Morgan fingerprint density at radius 2 is 1.64 bits per heavy atom. The van der Waals surface area contributed by atoms with Crippen molar-refractivity contribution >= 4 is 29.2 Å². The van der Waals surface area contributed by atoms with Gasteiger partial charge >= 0.3 is 11.9 Å². The van der Waals surface area contributed by atoms with E-state index in [9.17, 15) is 24.3 Å². The summed E-state index contributed by atoms with van der Waals surface area (Å²) in [5.74, 6) is 0.648. The lowest BCUT2D eigenvalue weighted by Crippen LogP contribution is -2.58. The largest absolute Gasteiger partial charge is 0.507 e. The van der Waals surface area contributed by atoms with Gasteiger partial charge in [-0.3, -0.25) is 14.4 Å². The molecule has 0 saturated heterocycles. The number of para-hydroxylation sites is 1. The van der Waals surface area contributed by atoms with Crippen LogP contribution in [0.4, 0.5) is 5.69 Å². The number of phenols is 1. The van der Waals surface area contributed by atoms with Crippen molar-refractivity contribution in [2.24, 2.45) is 28.6 Å². The molecule has 0 aromatic heterocycles. The number of ether oxygens (including phenoxy) is 2. The van der Waals surface area contributed by atoms with E-state index in [0.717, 1.165) is 25.7 Å². The number of fused-ring (bicyclic) bond motifs is 5. The Kier molecular flexibility index (Phi) is 8.55. The summed E-state index contributed by atoms with van der Waals surface area (Å²) in [5.41, 5.74) is 7.10. The Bertz CT molecular complexity index is 1590. The number of hydrogen-bond donors (Lipinski definition) is 2. The van der Waals surface area contributed by atoms with E-state index in [4.69, 9.17) is 15.2 Å². The standard InChI is InChI=1S/C24H32O4.C13H11NO3/c1-14-12-18-19(22(4)9-6-17(27)13-21(14)22)7-10-23(5)20(18)8-11-24(23,15(2)25)28-16(3)26;14-9-6-7-11(12(15)8-9)13(16)17-10-4-2-1-3-5-10/h12-13,18-20H,6-11H2,1-5H3;1-8,15H,14H2. The number of allylic oxidation sites excluding steroid dienone is 4. The van der Waals surface area contributed by atoms with Gasteiger partial charge in [-0.15, -0.1) is 0 Å². The quantitative estimate of drug-likeness (QED) is 0.219. The van der Waals surface area contributed by atoms with Crippen LogP contribution in [0.2, 0.25) is 0 Å². The summed E-state index contributed by atoms with van der Waals surface area (Å²) in [7, 11) is 0. The SMILES string of the molecule is CC(=O)OC1(C(C)=O)CCC2C3C=C(C)C4=CC(=O)CCC4(C)C3CCC21C.Nc1ccc(C(=O)Oc2ccccc2)c(O)c1. The van der Waals surface area contributed by atoms with Crippen LogP contribution >= 0.6 is 0 Å². The number of nitrogens with two attached hydrogens (primary N) is 1.